The molecule has 156 valence electrons. The first-order valence-corrected chi connectivity index (χ1v) is 8.92. The van der Waals surface area contributed by atoms with E-state index in [2.05, 4.69) is 15.3 Å². The minimum absolute atomic E-state index is 0.201. The molecule has 0 aliphatic heterocycles. The van der Waals surface area contributed by atoms with Crippen molar-refractivity contribution in [1.29, 1.82) is 0 Å². The van der Waals surface area contributed by atoms with Crippen LogP contribution in [-0.2, 0) is 6.18 Å². The Morgan fingerprint density at radius 3 is 2.45 bits per heavy atom. The number of anilines is 1. The van der Waals surface area contributed by atoms with Gasteiger partial charge in [0.15, 0.2) is 0 Å². The summed E-state index contributed by atoms with van der Waals surface area (Å²) in [5.74, 6) is 5.44. The number of nitrogens with two attached hydrogens (primary N) is 2. The van der Waals surface area contributed by atoms with E-state index in [9.17, 15) is 18.0 Å². The normalized spacial score (nSPS) is 13.5. The van der Waals surface area contributed by atoms with Crippen LogP contribution in [0.1, 0.15) is 36.2 Å². The highest BCUT2D eigenvalue weighted by atomic mass is 35.5. The second-order valence-electron chi connectivity index (χ2n) is 6.03. The van der Waals surface area contributed by atoms with Crippen molar-refractivity contribution >= 4 is 23.5 Å². The summed E-state index contributed by atoms with van der Waals surface area (Å²) in [7, 11) is 0. The molecule has 7 nitrogen and oxygen atoms in total. The monoisotopic (exact) mass is 428 g/mol. The molecule has 29 heavy (non-hydrogen) atoms. The van der Waals surface area contributed by atoms with Gasteiger partial charge in [-0.2, -0.15) is 13.2 Å². The summed E-state index contributed by atoms with van der Waals surface area (Å²) in [5, 5.41) is 3.05. The molecule has 0 fully saturated rings. The lowest BCUT2D eigenvalue weighted by Gasteiger charge is -2.24. The van der Waals surface area contributed by atoms with Gasteiger partial charge in [0, 0.05) is 12.4 Å². The minimum Gasteiger partial charge on any atom is -0.399 e. The van der Waals surface area contributed by atoms with Crippen molar-refractivity contribution in [2.45, 2.75) is 32.5 Å². The maximum Gasteiger partial charge on any atom is 0.417 e. The molecule has 0 aliphatic carbocycles. The zero-order valence-corrected chi connectivity index (χ0v) is 16.4. The standard InChI is InChI=1S/C18H20ClF3N6O/c1-3-13(28(24)17-25-8-5-9-26-17)15(23)10(2)27-16(29)11-6-4-7-12(14(11)19)18(20,21)22/h4-10H,3,23-24H2,1-2H3,(H,27,29)/b15-13-. The van der Waals surface area contributed by atoms with Crippen LogP contribution in [0.15, 0.2) is 48.1 Å². The number of allylic oxidation sites excluding steroid dienone is 1. The van der Waals surface area contributed by atoms with Crippen molar-refractivity contribution in [3.63, 3.8) is 0 Å². The molecular formula is C18H20ClF3N6O. The first-order chi connectivity index (χ1) is 13.6. The number of halogens is 4. The van der Waals surface area contributed by atoms with Gasteiger partial charge in [-0.05, 0) is 31.5 Å². The van der Waals surface area contributed by atoms with Crippen LogP contribution in [0.2, 0.25) is 5.02 Å². The van der Waals surface area contributed by atoms with E-state index in [0.29, 0.717) is 12.1 Å². The molecule has 2 rings (SSSR count). The number of nitrogens with zero attached hydrogens (tertiary/aromatic N) is 3. The topological polar surface area (TPSA) is 110 Å². The van der Waals surface area contributed by atoms with E-state index in [0.717, 1.165) is 12.1 Å². The van der Waals surface area contributed by atoms with Crippen molar-refractivity contribution in [3.05, 3.63) is 64.2 Å². The average Bonchev–Trinajstić information content (AvgIpc) is 2.68. The number of carbonyl (C=O) groups is 1. The number of benzene rings is 1. The number of hydrogen-bond acceptors (Lipinski definition) is 6. The van der Waals surface area contributed by atoms with Gasteiger partial charge in [0.25, 0.3) is 5.91 Å². The van der Waals surface area contributed by atoms with Gasteiger partial charge in [-0.25, -0.2) is 20.8 Å². The summed E-state index contributed by atoms with van der Waals surface area (Å²) >= 11 is 5.80. The van der Waals surface area contributed by atoms with Gasteiger partial charge >= 0.3 is 6.18 Å². The van der Waals surface area contributed by atoms with Crippen molar-refractivity contribution < 1.29 is 18.0 Å². The maximum absolute atomic E-state index is 13.0. The fraction of sp³-hybridized carbons (Fsp3) is 0.278. The predicted molar refractivity (Wildman–Crippen MR) is 104 cm³/mol. The van der Waals surface area contributed by atoms with Crippen LogP contribution in [0, 0.1) is 0 Å². The van der Waals surface area contributed by atoms with Crippen LogP contribution in [0.5, 0.6) is 0 Å². The van der Waals surface area contributed by atoms with Gasteiger partial charge in [0.2, 0.25) is 5.95 Å². The molecule has 0 radical (unpaired) electrons. The van der Waals surface area contributed by atoms with Crippen LogP contribution < -0.4 is 21.9 Å². The molecule has 0 aliphatic rings. The Hall–Kier alpha value is -2.85. The third-order valence-corrected chi connectivity index (χ3v) is 4.50. The first kappa shape index (κ1) is 22.4. The van der Waals surface area contributed by atoms with Crippen LogP contribution in [0.25, 0.3) is 0 Å². The number of rotatable bonds is 6. The number of alkyl halides is 3. The average molecular weight is 429 g/mol. The molecule has 1 unspecified atom stereocenters. The lowest BCUT2D eigenvalue weighted by atomic mass is 10.1. The fourth-order valence-corrected chi connectivity index (χ4v) is 2.90. The third-order valence-electron chi connectivity index (χ3n) is 4.09. The third kappa shape index (κ3) is 5.15. The molecule has 11 heteroatoms. The number of amides is 1. The molecule has 1 amide bonds. The van der Waals surface area contributed by atoms with Gasteiger partial charge < -0.3 is 11.1 Å². The SMILES string of the molecule is CC/C(=C(/N)C(C)NC(=O)c1cccc(C(F)(F)F)c1Cl)N(N)c1ncccn1. The van der Waals surface area contributed by atoms with E-state index in [1.807, 2.05) is 0 Å². The molecule has 0 bridgehead atoms. The highest BCUT2D eigenvalue weighted by molar-refractivity contribution is 6.34. The molecule has 1 heterocycles. The highest BCUT2D eigenvalue weighted by Crippen LogP contribution is 2.36. The Labute approximate surface area is 170 Å². The molecule has 1 aromatic carbocycles. The van der Waals surface area contributed by atoms with Crippen LogP contribution >= 0.6 is 11.6 Å². The predicted octanol–water partition coefficient (Wildman–Crippen LogP) is 3.23. The Balaban J connectivity index is 2.27. The van der Waals surface area contributed by atoms with Crippen LogP contribution in [-0.4, -0.2) is 21.9 Å². The fourth-order valence-electron chi connectivity index (χ4n) is 2.58. The van der Waals surface area contributed by atoms with Gasteiger partial charge in [-0.3, -0.25) is 4.79 Å². The molecule has 0 saturated carbocycles. The minimum atomic E-state index is -4.68. The molecule has 0 spiro atoms. The molecule has 5 N–H and O–H groups in total. The highest BCUT2D eigenvalue weighted by Gasteiger charge is 2.34. The summed E-state index contributed by atoms with van der Waals surface area (Å²) in [6.07, 6.45) is -1.27. The van der Waals surface area contributed by atoms with E-state index in [1.54, 1.807) is 19.9 Å². The van der Waals surface area contributed by atoms with E-state index in [4.69, 9.17) is 23.2 Å². The van der Waals surface area contributed by atoms with Crippen LogP contribution in [0.3, 0.4) is 0 Å². The van der Waals surface area contributed by atoms with Gasteiger partial charge in [0.05, 0.1) is 33.6 Å². The second kappa shape index (κ2) is 9.10. The molecule has 1 aromatic heterocycles. The van der Waals surface area contributed by atoms with Gasteiger partial charge in [0.1, 0.15) is 0 Å². The van der Waals surface area contributed by atoms with Crippen molar-refractivity contribution in [2.75, 3.05) is 5.01 Å². The molecule has 2 aromatic rings. The quantitative estimate of drug-likeness (QED) is 0.481. The second-order valence-corrected chi connectivity index (χ2v) is 6.41. The van der Waals surface area contributed by atoms with Crippen molar-refractivity contribution in [3.8, 4) is 0 Å². The summed E-state index contributed by atoms with van der Waals surface area (Å²) < 4.78 is 39.0. The lowest BCUT2D eigenvalue weighted by Crippen LogP contribution is -2.41. The number of carbonyl (C=O) groups excluding carboxylic acids is 1. The lowest BCUT2D eigenvalue weighted by molar-refractivity contribution is -0.137. The smallest absolute Gasteiger partial charge is 0.399 e. The van der Waals surface area contributed by atoms with E-state index in [-0.39, 0.29) is 17.2 Å². The Morgan fingerprint density at radius 1 is 1.28 bits per heavy atom. The summed E-state index contributed by atoms with van der Waals surface area (Å²) in [6, 6.07) is 3.99. The Kier molecular flexibility index (Phi) is 7.04. The molecule has 0 saturated heterocycles. The van der Waals surface area contributed by atoms with E-state index >= 15 is 0 Å². The molecular weight excluding hydrogens is 409 g/mol. The zero-order chi connectivity index (χ0) is 21.8. The van der Waals surface area contributed by atoms with Gasteiger partial charge in [-0.15, -0.1) is 0 Å². The summed E-state index contributed by atoms with van der Waals surface area (Å²) in [5.41, 5.74) is 5.40. The van der Waals surface area contributed by atoms with E-state index in [1.165, 1.54) is 23.5 Å². The Bertz CT molecular complexity index is 904. The first-order valence-electron chi connectivity index (χ1n) is 8.54. The Morgan fingerprint density at radius 2 is 1.90 bits per heavy atom. The van der Waals surface area contributed by atoms with Gasteiger partial charge in [-0.1, -0.05) is 24.6 Å². The summed E-state index contributed by atoms with van der Waals surface area (Å²) in [6.45, 7) is 3.37. The maximum atomic E-state index is 13.0. The van der Waals surface area contributed by atoms with Crippen molar-refractivity contribution in [2.24, 2.45) is 11.6 Å². The number of hydrogen-bond donors (Lipinski definition) is 3. The number of nitrogens with one attached hydrogen (secondary N) is 1. The number of aromatic nitrogens is 2. The van der Waals surface area contributed by atoms with Crippen molar-refractivity contribution in [1.82, 2.24) is 15.3 Å². The summed E-state index contributed by atoms with van der Waals surface area (Å²) in [4.78, 5) is 20.6. The molecule has 1 atom stereocenters. The van der Waals surface area contributed by atoms with E-state index < -0.39 is 28.7 Å². The number of hydrazine groups is 1. The van der Waals surface area contributed by atoms with Crippen LogP contribution in [0.4, 0.5) is 19.1 Å². The largest absolute Gasteiger partial charge is 0.417 e. The zero-order valence-electron chi connectivity index (χ0n) is 15.7.